The van der Waals surface area contributed by atoms with E-state index >= 15 is 0 Å². The summed E-state index contributed by atoms with van der Waals surface area (Å²) in [4.78, 5) is 38.4. The molecule has 0 saturated heterocycles. The van der Waals surface area contributed by atoms with Crippen molar-refractivity contribution in [2.45, 2.75) is 341 Å². The second-order valence-corrected chi connectivity index (χ2v) is 22.7. The number of hydrogen-bond acceptors (Lipinski definition) is 6. The molecule has 0 N–H and O–H groups in total. The Morgan fingerprint density at radius 3 is 0.762 bits per heavy atom. The molecule has 0 rings (SSSR count). The Labute approximate surface area is 496 Å². The Bertz CT molecular complexity index is 1560. The summed E-state index contributed by atoms with van der Waals surface area (Å²) in [6.07, 6.45) is 91.3. The van der Waals surface area contributed by atoms with Crippen molar-refractivity contribution >= 4 is 17.9 Å². The topological polar surface area (TPSA) is 78.9 Å². The molecule has 80 heavy (non-hydrogen) atoms. The Kier molecular flexibility index (Phi) is 64.7. The van der Waals surface area contributed by atoms with Crippen LogP contribution in [0.3, 0.4) is 0 Å². The van der Waals surface area contributed by atoms with Gasteiger partial charge < -0.3 is 14.2 Å². The number of carbonyl (C=O) groups is 3. The molecule has 0 heterocycles. The lowest BCUT2D eigenvalue weighted by molar-refractivity contribution is -0.167. The number of esters is 3. The van der Waals surface area contributed by atoms with Gasteiger partial charge in [0, 0.05) is 19.3 Å². The third-order valence-electron chi connectivity index (χ3n) is 14.8. The molecular weight excluding hydrogens is 985 g/mol. The predicted octanol–water partition coefficient (Wildman–Crippen LogP) is 23.6. The molecule has 0 fully saturated rings. The summed E-state index contributed by atoms with van der Waals surface area (Å²) < 4.78 is 17.0. The highest BCUT2D eigenvalue weighted by Crippen LogP contribution is 2.17. The second-order valence-electron chi connectivity index (χ2n) is 22.7. The summed E-state index contributed by atoms with van der Waals surface area (Å²) in [5.41, 5.74) is 0. The van der Waals surface area contributed by atoms with Gasteiger partial charge in [-0.2, -0.15) is 0 Å². The van der Waals surface area contributed by atoms with Crippen LogP contribution in [0.4, 0.5) is 0 Å². The van der Waals surface area contributed by atoms with E-state index in [4.69, 9.17) is 14.2 Å². The Morgan fingerprint density at radius 1 is 0.263 bits per heavy atom. The van der Waals surface area contributed by atoms with Gasteiger partial charge in [-0.05, 0) is 103 Å². The average molecular weight is 1110 g/mol. The number of ether oxygens (including phenoxy) is 3. The van der Waals surface area contributed by atoms with Crippen molar-refractivity contribution in [3.63, 3.8) is 0 Å². The molecular formula is C74H128O6. The molecule has 0 radical (unpaired) electrons. The van der Waals surface area contributed by atoms with E-state index in [1.54, 1.807) is 0 Å². The Balaban J connectivity index is 4.34. The van der Waals surface area contributed by atoms with E-state index in [1.807, 2.05) is 0 Å². The van der Waals surface area contributed by atoms with E-state index in [-0.39, 0.29) is 31.1 Å². The maximum atomic E-state index is 12.9. The largest absolute Gasteiger partial charge is 0.462 e. The van der Waals surface area contributed by atoms with E-state index in [0.29, 0.717) is 19.3 Å². The fraction of sp³-hybridized carbons (Fsp3) is 0.743. The van der Waals surface area contributed by atoms with Gasteiger partial charge >= 0.3 is 17.9 Å². The van der Waals surface area contributed by atoms with Crippen LogP contribution in [0.2, 0.25) is 0 Å². The maximum absolute atomic E-state index is 12.9. The van der Waals surface area contributed by atoms with Gasteiger partial charge in [-0.15, -0.1) is 0 Å². The molecule has 0 spiro atoms. The van der Waals surface area contributed by atoms with Crippen molar-refractivity contribution < 1.29 is 28.6 Å². The third-order valence-corrected chi connectivity index (χ3v) is 14.8. The first kappa shape index (κ1) is 76.3. The molecule has 0 aromatic carbocycles. The Morgan fingerprint density at radius 2 is 0.487 bits per heavy atom. The van der Waals surface area contributed by atoms with Crippen LogP contribution in [0.25, 0.3) is 0 Å². The summed E-state index contributed by atoms with van der Waals surface area (Å²) >= 11 is 0. The number of rotatable bonds is 62. The van der Waals surface area contributed by atoms with Gasteiger partial charge in [0.1, 0.15) is 13.2 Å². The summed E-state index contributed by atoms with van der Waals surface area (Å²) in [5, 5.41) is 0. The van der Waals surface area contributed by atoms with Crippen LogP contribution in [0.5, 0.6) is 0 Å². The highest BCUT2D eigenvalue weighted by Gasteiger charge is 2.19. The van der Waals surface area contributed by atoms with E-state index in [2.05, 4.69) is 118 Å². The molecule has 0 aromatic rings. The molecule has 0 aliphatic rings. The quantitative estimate of drug-likeness (QED) is 0.0261. The van der Waals surface area contributed by atoms with Gasteiger partial charge in [0.05, 0.1) is 0 Å². The molecule has 1 atom stereocenters. The fourth-order valence-electron chi connectivity index (χ4n) is 9.71. The third kappa shape index (κ3) is 65.1. The Hall–Kier alpha value is -3.67. The van der Waals surface area contributed by atoms with Gasteiger partial charge in [0.25, 0.3) is 0 Å². The van der Waals surface area contributed by atoms with E-state index in [9.17, 15) is 14.4 Å². The van der Waals surface area contributed by atoms with Crippen molar-refractivity contribution in [2.75, 3.05) is 13.2 Å². The predicted molar refractivity (Wildman–Crippen MR) is 348 cm³/mol. The van der Waals surface area contributed by atoms with Crippen LogP contribution < -0.4 is 0 Å². The molecule has 0 bridgehead atoms. The first-order valence-electron chi connectivity index (χ1n) is 34.2. The first-order chi connectivity index (χ1) is 39.5. The molecule has 0 aromatic heterocycles. The van der Waals surface area contributed by atoms with Crippen molar-refractivity contribution in [1.82, 2.24) is 0 Å². The minimum Gasteiger partial charge on any atom is -0.462 e. The van der Waals surface area contributed by atoms with Crippen molar-refractivity contribution in [1.29, 1.82) is 0 Å². The zero-order valence-electron chi connectivity index (χ0n) is 52.8. The summed E-state index contributed by atoms with van der Waals surface area (Å²) in [6, 6.07) is 0. The maximum Gasteiger partial charge on any atom is 0.306 e. The molecule has 1 unspecified atom stereocenters. The lowest BCUT2D eigenvalue weighted by Crippen LogP contribution is -2.30. The molecule has 6 heteroatoms. The van der Waals surface area contributed by atoms with E-state index in [0.717, 1.165) is 122 Å². The fourth-order valence-corrected chi connectivity index (χ4v) is 9.71. The van der Waals surface area contributed by atoms with E-state index in [1.165, 1.54) is 173 Å². The number of carbonyl (C=O) groups excluding carboxylic acids is 3. The summed E-state index contributed by atoms with van der Waals surface area (Å²) in [5.74, 6) is -0.889. The summed E-state index contributed by atoms with van der Waals surface area (Å²) in [7, 11) is 0. The van der Waals surface area contributed by atoms with Crippen molar-refractivity contribution in [3.05, 3.63) is 97.2 Å². The van der Waals surface area contributed by atoms with Gasteiger partial charge in [0.15, 0.2) is 6.10 Å². The highest BCUT2D eigenvalue weighted by atomic mass is 16.6. The number of hydrogen-bond donors (Lipinski definition) is 0. The number of unbranched alkanes of at least 4 members (excludes halogenated alkanes) is 35. The SMILES string of the molecule is CC/C=C\C/C=C\C/C=C\C/C=C\C/C=C\CCCCCCCC(=O)OC(COC(=O)CCCCCCCCCCCCCC/C=C\C/C=C\C/C=C\CCCCCCC)COC(=O)CCCCCCCCCCCCCCCC. The van der Waals surface area contributed by atoms with Gasteiger partial charge in [-0.1, -0.05) is 311 Å². The molecule has 460 valence electrons. The van der Waals surface area contributed by atoms with Crippen molar-refractivity contribution in [2.24, 2.45) is 0 Å². The average Bonchev–Trinajstić information content (AvgIpc) is 3.46. The van der Waals surface area contributed by atoms with Crippen molar-refractivity contribution in [3.8, 4) is 0 Å². The minimum absolute atomic E-state index is 0.0832. The molecule has 0 aliphatic heterocycles. The molecule has 6 nitrogen and oxygen atoms in total. The zero-order valence-corrected chi connectivity index (χ0v) is 52.8. The number of allylic oxidation sites excluding steroid dienone is 16. The lowest BCUT2D eigenvalue weighted by atomic mass is 10.0. The zero-order chi connectivity index (χ0) is 57.8. The van der Waals surface area contributed by atoms with Crippen LogP contribution in [0.1, 0.15) is 335 Å². The lowest BCUT2D eigenvalue weighted by Gasteiger charge is -2.18. The van der Waals surface area contributed by atoms with Crippen LogP contribution in [0.15, 0.2) is 97.2 Å². The highest BCUT2D eigenvalue weighted by molar-refractivity contribution is 5.71. The monoisotopic (exact) mass is 1110 g/mol. The van der Waals surface area contributed by atoms with Gasteiger partial charge in [0.2, 0.25) is 0 Å². The normalized spacial score (nSPS) is 12.7. The minimum atomic E-state index is -0.789. The van der Waals surface area contributed by atoms with Crippen LogP contribution in [-0.2, 0) is 28.6 Å². The first-order valence-corrected chi connectivity index (χ1v) is 34.2. The second kappa shape index (κ2) is 67.8. The van der Waals surface area contributed by atoms with Gasteiger partial charge in [-0.3, -0.25) is 14.4 Å². The van der Waals surface area contributed by atoms with Gasteiger partial charge in [-0.25, -0.2) is 0 Å². The smallest absolute Gasteiger partial charge is 0.306 e. The van der Waals surface area contributed by atoms with Crippen LogP contribution in [0, 0.1) is 0 Å². The molecule has 0 saturated carbocycles. The molecule has 0 amide bonds. The van der Waals surface area contributed by atoms with Crippen LogP contribution in [-0.4, -0.2) is 37.2 Å². The molecule has 0 aliphatic carbocycles. The van der Waals surface area contributed by atoms with E-state index < -0.39 is 6.10 Å². The van der Waals surface area contributed by atoms with Crippen LogP contribution >= 0.6 is 0 Å². The summed E-state index contributed by atoms with van der Waals surface area (Å²) in [6.45, 7) is 6.54. The standard InChI is InChI=1S/C74H128O6/c1-4-7-10-13-16-19-22-25-28-30-32-34-35-36-37-38-39-41-42-44-46-49-52-55-58-61-64-67-73(76)79-70-71(69-78-72(75)66-63-60-57-54-51-48-27-24-21-18-15-12-9-6-3)80-74(77)68-65-62-59-56-53-50-47-45-43-40-33-31-29-26-23-20-17-14-11-8-5-2/h8,11,17,20,22,25-26,29-30,32-33,35-36,40,45,47,71H,4-7,9-10,12-16,18-19,21,23-24,27-28,31,34,37-39,41-44,46,48-70H2,1-3H3/b11-8-,20-17-,25-22-,29-26-,32-30-,36-35-,40-33-,47-45-.